The van der Waals surface area contributed by atoms with E-state index in [4.69, 9.17) is 30.5 Å². The van der Waals surface area contributed by atoms with E-state index in [0.717, 1.165) is 61.7 Å². The number of hydrogen-bond acceptors (Lipinski definition) is 8. The Bertz CT molecular complexity index is 3520. The van der Waals surface area contributed by atoms with Gasteiger partial charge in [0.25, 0.3) is 11.7 Å². The first-order valence-electron chi connectivity index (χ1n) is 27.8. The van der Waals surface area contributed by atoms with Gasteiger partial charge >= 0.3 is 0 Å². The van der Waals surface area contributed by atoms with E-state index < -0.39 is 0 Å². The molecule has 0 amide bonds. The fourth-order valence-corrected chi connectivity index (χ4v) is 13.8. The minimum Gasteiger partial charge on any atom is -0.494 e. The number of aromatic nitrogens is 1. The van der Waals surface area contributed by atoms with Crippen LogP contribution >= 0.6 is 34.7 Å². The molecule has 80 heavy (non-hydrogen) atoms. The molecule has 0 bridgehead atoms. The number of fused-ring (bicyclic) bond motifs is 4. The molecule has 7 aromatic rings. The van der Waals surface area contributed by atoms with Crippen molar-refractivity contribution in [2.45, 2.75) is 82.1 Å². The van der Waals surface area contributed by atoms with Crippen LogP contribution in [-0.4, -0.2) is 57.7 Å². The molecular formula is C69H73ClN4O4S2+2. The third-order valence-corrected chi connectivity index (χ3v) is 18.0. The molecular weight excluding hydrogens is 1050 g/mol. The van der Waals surface area contributed by atoms with Crippen molar-refractivity contribution in [2.24, 2.45) is 0 Å². The monoisotopic (exact) mass is 1120 g/mol. The highest BCUT2D eigenvalue weighted by atomic mass is 35.5. The number of nitrogens with zero attached hydrogens (tertiary/aromatic N) is 4. The number of thioether (sulfide) groups is 1. The summed E-state index contributed by atoms with van der Waals surface area (Å²) in [7, 11) is 3.50. The van der Waals surface area contributed by atoms with Crippen molar-refractivity contribution in [3.8, 4) is 11.5 Å². The highest BCUT2D eigenvalue weighted by molar-refractivity contribution is 8.03. The molecule has 0 unspecified atom stereocenters. The molecule has 4 aliphatic rings. The van der Waals surface area contributed by atoms with Crippen molar-refractivity contribution in [1.82, 2.24) is 0 Å². The number of para-hydroxylation sites is 6. The maximum Gasteiger partial charge on any atom is 0.262 e. The Morgan fingerprint density at radius 2 is 1.29 bits per heavy atom. The summed E-state index contributed by atoms with van der Waals surface area (Å²) in [4.78, 5) is 5.99. The van der Waals surface area contributed by atoms with Gasteiger partial charge in [-0.15, -0.1) is 0 Å². The molecule has 11 rings (SSSR count). The first-order valence-corrected chi connectivity index (χ1v) is 29.9. The number of rotatable bonds is 19. The molecule has 0 N–H and O–H groups in total. The maximum absolute atomic E-state index is 7.08. The van der Waals surface area contributed by atoms with Crippen LogP contribution in [-0.2, 0) is 26.8 Å². The van der Waals surface area contributed by atoms with Gasteiger partial charge in [0.2, 0.25) is 11.2 Å². The average molecular weight is 1120 g/mol. The van der Waals surface area contributed by atoms with Crippen LogP contribution in [0.3, 0.4) is 0 Å². The number of thiazole rings is 1. The van der Waals surface area contributed by atoms with E-state index in [2.05, 4.69) is 186 Å². The average Bonchev–Trinajstić information content (AvgIpc) is 4.17. The van der Waals surface area contributed by atoms with E-state index in [1.807, 2.05) is 83.8 Å². The highest BCUT2D eigenvalue weighted by Gasteiger charge is 2.44. The Balaban J connectivity index is 0.000000180. The van der Waals surface area contributed by atoms with E-state index in [1.54, 1.807) is 14.2 Å². The number of halogens is 1. The third-order valence-electron chi connectivity index (χ3n) is 15.3. The second-order valence-corrected chi connectivity index (χ2v) is 23.8. The van der Waals surface area contributed by atoms with E-state index in [9.17, 15) is 0 Å². The van der Waals surface area contributed by atoms with Gasteiger partial charge < -0.3 is 28.7 Å². The molecule has 0 radical (unpaired) electrons. The summed E-state index contributed by atoms with van der Waals surface area (Å²) >= 11 is 10.7. The van der Waals surface area contributed by atoms with Gasteiger partial charge in [-0.3, -0.25) is 0 Å². The number of hydrogen-bond donors (Lipinski definition) is 0. The minimum absolute atomic E-state index is 0.121. The van der Waals surface area contributed by atoms with E-state index in [0.29, 0.717) is 26.7 Å². The number of benzene rings is 6. The quantitative estimate of drug-likeness (QED) is 0.0591. The lowest BCUT2D eigenvalue weighted by molar-refractivity contribution is -0.669. The van der Waals surface area contributed by atoms with Crippen LogP contribution < -0.4 is 23.8 Å². The van der Waals surface area contributed by atoms with Gasteiger partial charge in [-0.2, -0.15) is 9.14 Å². The Kier molecular flexibility index (Phi) is 18.4. The van der Waals surface area contributed by atoms with Gasteiger partial charge in [-0.1, -0.05) is 164 Å². The number of ether oxygens (including phenoxy) is 4. The smallest absolute Gasteiger partial charge is 0.262 e. The zero-order valence-corrected chi connectivity index (χ0v) is 49.3. The van der Waals surface area contributed by atoms with Crippen molar-refractivity contribution in [3.05, 3.63) is 237 Å². The molecule has 11 heteroatoms. The summed E-state index contributed by atoms with van der Waals surface area (Å²) in [5.74, 6) is 1.84. The molecule has 1 aromatic heterocycles. The minimum atomic E-state index is -0.121. The number of anilines is 2. The first-order chi connectivity index (χ1) is 39.1. The van der Waals surface area contributed by atoms with Crippen LogP contribution in [0.2, 0.25) is 0 Å². The molecule has 1 aliphatic carbocycles. The lowest BCUT2D eigenvalue weighted by Gasteiger charge is -2.26. The topological polar surface area (TPSA) is 50.3 Å². The first kappa shape index (κ1) is 56.4. The van der Waals surface area contributed by atoms with Crippen LogP contribution in [0.1, 0.15) is 75.9 Å². The SMILES string of the molecule is C(/C=C/c1sc2ccccc2[n+]1CCCOc1ccccc1)=C1/Sc2ccccc2N1CCCOc1ccccc1.COCN1C(=CC=C2CCCC(C=CC3=[N+](COC)c4ccccc4C3(C)C)=C2Cl)C(C)(C)c2ccccc21. The van der Waals surface area contributed by atoms with Crippen molar-refractivity contribution >= 4 is 73.8 Å². The molecule has 6 aromatic carbocycles. The van der Waals surface area contributed by atoms with Crippen LogP contribution in [0.15, 0.2) is 226 Å². The van der Waals surface area contributed by atoms with Crippen molar-refractivity contribution < 1.29 is 28.1 Å². The molecule has 8 nitrogen and oxygen atoms in total. The van der Waals surface area contributed by atoms with Crippen molar-refractivity contribution in [1.29, 1.82) is 0 Å². The van der Waals surface area contributed by atoms with Gasteiger partial charge in [0, 0.05) is 83.8 Å². The molecule has 0 atom stereocenters. The Morgan fingerprint density at radius 3 is 2.04 bits per heavy atom. The normalized spacial score (nSPS) is 17.8. The van der Waals surface area contributed by atoms with E-state index in [1.165, 1.54) is 75.9 Å². The Morgan fingerprint density at radius 1 is 0.625 bits per heavy atom. The summed E-state index contributed by atoms with van der Waals surface area (Å²) in [6, 6.07) is 54.6. The Hall–Kier alpha value is -6.92. The van der Waals surface area contributed by atoms with Crippen LogP contribution in [0.25, 0.3) is 16.3 Å². The lowest BCUT2D eigenvalue weighted by Crippen LogP contribution is -2.35. The largest absolute Gasteiger partial charge is 0.494 e. The van der Waals surface area contributed by atoms with Crippen LogP contribution in [0, 0.1) is 0 Å². The number of allylic oxidation sites excluding steroid dienone is 10. The zero-order valence-electron chi connectivity index (χ0n) is 46.9. The predicted molar refractivity (Wildman–Crippen MR) is 334 cm³/mol. The maximum atomic E-state index is 7.08. The lowest BCUT2D eigenvalue weighted by atomic mass is 9.81. The van der Waals surface area contributed by atoms with Crippen LogP contribution in [0.4, 0.5) is 17.1 Å². The zero-order chi connectivity index (χ0) is 55.5. The van der Waals surface area contributed by atoms with Crippen molar-refractivity contribution in [3.63, 3.8) is 0 Å². The van der Waals surface area contributed by atoms with E-state index >= 15 is 0 Å². The summed E-state index contributed by atoms with van der Waals surface area (Å²) in [5, 5.41) is 3.35. The predicted octanol–water partition coefficient (Wildman–Crippen LogP) is 16.7. The summed E-state index contributed by atoms with van der Waals surface area (Å²) < 4.78 is 29.1. The fourth-order valence-electron chi connectivity index (χ4n) is 11.3. The molecule has 0 spiro atoms. The number of aryl methyl sites for hydroxylation is 1. The molecule has 4 heterocycles. The van der Waals surface area contributed by atoms with Gasteiger partial charge in [-0.25, -0.2) is 0 Å². The molecule has 410 valence electrons. The second kappa shape index (κ2) is 26.1. The van der Waals surface area contributed by atoms with Crippen molar-refractivity contribution in [2.75, 3.05) is 57.2 Å². The third kappa shape index (κ3) is 12.5. The van der Waals surface area contributed by atoms with Gasteiger partial charge in [0.1, 0.15) is 22.9 Å². The highest BCUT2D eigenvalue weighted by Crippen LogP contribution is 2.49. The Labute approximate surface area is 486 Å². The summed E-state index contributed by atoms with van der Waals surface area (Å²) in [6.45, 7) is 13.3. The molecule has 0 fully saturated rings. The van der Waals surface area contributed by atoms with Gasteiger partial charge in [-0.05, 0) is 117 Å². The molecule has 0 saturated heterocycles. The standard InChI is InChI=1S/C35H33N2O2S2.C34H40ClN2O2/c1-3-14-28(15-4-1)38-26-12-24-36-30-18-7-9-20-32(30)40-34(36)22-11-23-35-37(31-19-8-10-21-33(31)41-35)25-13-27-39-29-16-5-2-6-17-29;1-33(2)26-14-7-9-16-28(26)36(22-38-5)30(33)20-18-24-12-11-13-25(32(24)35)19-21-31-34(3,4)27-15-8-10-17-29(27)37(31)23-39-6/h1-11,14-23H,12-13,24-27H2;7-10,14-21H,11-13,22-23H2,1-6H3/q2*+1. The fraction of sp³-hybridized carbons (Fsp3) is 0.275. The number of methoxy groups -OCH3 is 2. The molecule has 0 saturated carbocycles. The molecule has 3 aliphatic heterocycles. The summed E-state index contributed by atoms with van der Waals surface area (Å²) in [6.07, 6.45) is 20.5. The van der Waals surface area contributed by atoms with Crippen LogP contribution in [0.5, 0.6) is 11.5 Å². The summed E-state index contributed by atoms with van der Waals surface area (Å²) in [5.41, 5.74) is 12.2. The van der Waals surface area contributed by atoms with Gasteiger partial charge in [0.05, 0.1) is 29.3 Å². The van der Waals surface area contributed by atoms with E-state index in [-0.39, 0.29) is 10.8 Å². The van der Waals surface area contributed by atoms with Gasteiger partial charge in [0.15, 0.2) is 12.3 Å². The second-order valence-electron chi connectivity index (χ2n) is 21.3.